The number of benzene rings is 4. The zero-order chi connectivity index (χ0) is 32.4. The van der Waals surface area contributed by atoms with E-state index in [4.69, 9.17) is 4.74 Å². The van der Waals surface area contributed by atoms with Crippen molar-refractivity contribution in [3.05, 3.63) is 126 Å². The standard InChI is InChI=1S/C35H38FN3O5S/c1-4-37-35(41)32(23-27-13-7-6-8-14-27)38(24-28-15-9-10-16-30(28)36)34(40)25-39(31-17-11-12-18-33(31)44-5-2)45(42,43)29-21-19-26(3)20-22-29/h6-22,32H,4-5,23-25H2,1-3H3,(H,37,41). The number of para-hydroxylation sites is 2. The van der Waals surface area contributed by atoms with Crippen molar-refractivity contribution in [2.24, 2.45) is 0 Å². The zero-order valence-corrected chi connectivity index (χ0v) is 26.5. The van der Waals surface area contributed by atoms with Gasteiger partial charge in [0.25, 0.3) is 10.0 Å². The summed E-state index contributed by atoms with van der Waals surface area (Å²) in [5.41, 5.74) is 2.01. The first-order valence-electron chi connectivity index (χ1n) is 14.8. The van der Waals surface area contributed by atoms with E-state index in [9.17, 15) is 22.4 Å². The van der Waals surface area contributed by atoms with E-state index in [1.165, 1.54) is 35.2 Å². The van der Waals surface area contributed by atoms with Crippen LogP contribution in [0, 0.1) is 12.7 Å². The summed E-state index contributed by atoms with van der Waals surface area (Å²) in [6.07, 6.45) is 0.132. The van der Waals surface area contributed by atoms with E-state index >= 15 is 0 Å². The summed E-state index contributed by atoms with van der Waals surface area (Å²) < 4.78 is 50.2. The van der Waals surface area contributed by atoms with Crippen molar-refractivity contribution in [1.29, 1.82) is 0 Å². The van der Waals surface area contributed by atoms with Gasteiger partial charge < -0.3 is 15.0 Å². The summed E-state index contributed by atoms with van der Waals surface area (Å²) in [5.74, 6) is -1.40. The van der Waals surface area contributed by atoms with Gasteiger partial charge in [-0.2, -0.15) is 0 Å². The molecule has 10 heteroatoms. The number of hydrogen-bond acceptors (Lipinski definition) is 5. The normalized spacial score (nSPS) is 11.8. The van der Waals surface area contributed by atoms with Gasteiger partial charge in [-0.05, 0) is 56.7 Å². The molecule has 0 aliphatic rings. The summed E-state index contributed by atoms with van der Waals surface area (Å²) in [4.78, 5) is 29.3. The molecular weight excluding hydrogens is 593 g/mol. The number of likely N-dealkylation sites (N-methyl/N-ethyl adjacent to an activating group) is 1. The Morgan fingerprint density at radius 1 is 0.867 bits per heavy atom. The predicted octanol–water partition coefficient (Wildman–Crippen LogP) is 5.50. The Morgan fingerprint density at radius 3 is 2.18 bits per heavy atom. The van der Waals surface area contributed by atoms with Crippen LogP contribution in [0.15, 0.2) is 108 Å². The maximum atomic E-state index is 15.0. The molecule has 4 rings (SSSR count). The lowest BCUT2D eigenvalue weighted by Gasteiger charge is -2.34. The Morgan fingerprint density at radius 2 is 1.51 bits per heavy atom. The quantitative estimate of drug-likeness (QED) is 0.198. The van der Waals surface area contributed by atoms with Crippen LogP contribution < -0.4 is 14.4 Å². The fraction of sp³-hybridized carbons (Fsp3) is 0.257. The van der Waals surface area contributed by atoms with Gasteiger partial charge in [-0.15, -0.1) is 0 Å². The van der Waals surface area contributed by atoms with Gasteiger partial charge in [-0.3, -0.25) is 13.9 Å². The Balaban J connectivity index is 1.84. The third kappa shape index (κ3) is 8.27. The van der Waals surface area contributed by atoms with Gasteiger partial charge >= 0.3 is 0 Å². The summed E-state index contributed by atoms with van der Waals surface area (Å²) >= 11 is 0. The zero-order valence-electron chi connectivity index (χ0n) is 25.6. The molecule has 0 saturated carbocycles. The van der Waals surface area contributed by atoms with E-state index in [0.29, 0.717) is 6.54 Å². The Hall–Kier alpha value is -4.70. The average molecular weight is 632 g/mol. The second-order valence-electron chi connectivity index (χ2n) is 10.4. The summed E-state index contributed by atoms with van der Waals surface area (Å²) in [7, 11) is -4.31. The third-order valence-corrected chi connectivity index (χ3v) is 9.02. The molecule has 0 aromatic heterocycles. The molecule has 0 aliphatic carbocycles. The highest BCUT2D eigenvalue weighted by atomic mass is 32.2. The van der Waals surface area contributed by atoms with Crippen molar-refractivity contribution < 1.29 is 27.1 Å². The number of amides is 2. The molecule has 1 N–H and O–H groups in total. The fourth-order valence-corrected chi connectivity index (χ4v) is 6.37. The van der Waals surface area contributed by atoms with E-state index in [1.54, 1.807) is 56.3 Å². The molecule has 0 spiro atoms. The molecule has 8 nitrogen and oxygen atoms in total. The molecule has 236 valence electrons. The highest BCUT2D eigenvalue weighted by molar-refractivity contribution is 7.92. The number of nitrogens with one attached hydrogen (secondary N) is 1. The molecule has 0 heterocycles. The average Bonchev–Trinajstić information content (AvgIpc) is 3.03. The second kappa shape index (κ2) is 15.3. The number of ether oxygens (including phenoxy) is 1. The first-order valence-corrected chi connectivity index (χ1v) is 16.3. The van der Waals surface area contributed by atoms with Crippen LogP contribution in [0.1, 0.15) is 30.5 Å². The Kier molecular flexibility index (Phi) is 11.3. The number of carbonyl (C=O) groups excluding carboxylic acids is 2. The Bertz CT molecular complexity index is 1700. The van der Waals surface area contributed by atoms with Crippen molar-refractivity contribution >= 4 is 27.5 Å². The molecule has 45 heavy (non-hydrogen) atoms. The monoisotopic (exact) mass is 631 g/mol. The molecule has 0 aliphatic heterocycles. The molecule has 1 unspecified atom stereocenters. The van der Waals surface area contributed by atoms with E-state index in [2.05, 4.69) is 5.32 Å². The highest BCUT2D eigenvalue weighted by Crippen LogP contribution is 2.33. The van der Waals surface area contributed by atoms with Crippen molar-refractivity contribution in [3.8, 4) is 5.75 Å². The van der Waals surface area contributed by atoms with Gasteiger partial charge in [0.05, 0.1) is 17.2 Å². The van der Waals surface area contributed by atoms with Crippen LogP contribution in [0.3, 0.4) is 0 Å². The van der Waals surface area contributed by atoms with Crippen LogP contribution in [-0.4, -0.2) is 50.9 Å². The summed E-state index contributed by atoms with van der Waals surface area (Å²) in [5, 5.41) is 2.80. The van der Waals surface area contributed by atoms with Crippen molar-refractivity contribution in [2.75, 3.05) is 24.0 Å². The number of hydrogen-bond donors (Lipinski definition) is 1. The van der Waals surface area contributed by atoms with Crippen LogP contribution in [0.2, 0.25) is 0 Å². The number of nitrogens with zero attached hydrogens (tertiary/aromatic N) is 2. The molecule has 4 aromatic rings. The molecule has 2 amide bonds. The van der Waals surface area contributed by atoms with Crippen molar-refractivity contribution in [1.82, 2.24) is 10.2 Å². The molecule has 0 fully saturated rings. The fourth-order valence-electron chi connectivity index (χ4n) is 4.95. The minimum absolute atomic E-state index is 0.0163. The van der Waals surface area contributed by atoms with Gasteiger partial charge in [0.15, 0.2) is 0 Å². The number of sulfonamides is 1. The molecule has 0 saturated heterocycles. The largest absolute Gasteiger partial charge is 0.492 e. The maximum Gasteiger partial charge on any atom is 0.264 e. The van der Waals surface area contributed by atoms with Crippen molar-refractivity contribution in [3.63, 3.8) is 0 Å². The van der Waals surface area contributed by atoms with E-state index in [-0.39, 0.29) is 41.5 Å². The molecular formula is C35H38FN3O5S. The van der Waals surface area contributed by atoms with Crippen LogP contribution in [0.4, 0.5) is 10.1 Å². The van der Waals surface area contributed by atoms with Gasteiger partial charge in [0.2, 0.25) is 11.8 Å². The van der Waals surface area contributed by atoms with Crippen LogP contribution in [0.5, 0.6) is 5.75 Å². The number of aryl methyl sites for hydroxylation is 1. The summed E-state index contributed by atoms with van der Waals surface area (Å²) in [6, 6.07) is 27.0. The second-order valence-corrected chi connectivity index (χ2v) is 12.3. The molecule has 0 bridgehead atoms. The lowest BCUT2D eigenvalue weighted by atomic mass is 10.0. The van der Waals surface area contributed by atoms with E-state index in [0.717, 1.165) is 15.4 Å². The first-order chi connectivity index (χ1) is 21.6. The predicted molar refractivity (Wildman–Crippen MR) is 173 cm³/mol. The van der Waals surface area contributed by atoms with Gasteiger partial charge in [-0.1, -0.05) is 78.4 Å². The minimum atomic E-state index is -4.31. The van der Waals surface area contributed by atoms with Crippen molar-refractivity contribution in [2.45, 2.75) is 44.7 Å². The lowest BCUT2D eigenvalue weighted by molar-refractivity contribution is -0.140. The first kappa shape index (κ1) is 33.2. The number of anilines is 1. The van der Waals surface area contributed by atoms with Gasteiger partial charge in [-0.25, -0.2) is 12.8 Å². The van der Waals surface area contributed by atoms with Gasteiger partial charge in [0, 0.05) is 25.1 Å². The van der Waals surface area contributed by atoms with Crippen LogP contribution in [-0.2, 0) is 32.6 Å². The van der Waals surface area contributed by atoms with E-state index in [1.807, 2.05) is 37.3 Å². The summed E-state index contributed by atoms with van der Waals surface area (Å²) in [6.45, 7) is 5.03. The smallest absolute Gasteiger partial charge is 0.264 e. The third-order valence-electron chi connectivity index (χ3n) is 7.24. The topological polar surface area (TPSA) is 96.0 Å². The number of halogens is 1. The molecule has 4 aromatic carbocycles. The molecule has 0 radical (unpaired) electrons. The minimum Gasteiger partial charge on any atom is -0.492 e. The number of carbonyl (C=O) groups is 2. The molecule has 1 atom stereocenters. The van der Waals surface area contributed by atoms with Crippen LogP contribution in [0.25, 0.3) is 0 Å². The Labute approximate surface area is 264 Å². The van der Waals surface area contributed by atoms with E-state index < -0.39 is 40.2 Å². The highest BCUT2D eigenvalue weighted by Gasteiger charge is 2.35. The maximum absolute atomic E-state index is 15.0. The van der Waals surface area contributed by atoms with Crippen LogP contribution >= 0.6 is 0 Å². The SMILES string of the molecule is CCNC(=O)C(Cc1ccccc1)N(Cc1ccccc1F)C(=O)CN(c1ccccc1OCC)S(=O)(=O)c1ccc(C)cc1. The number of rotatable bonds is 14. The lowest BCUT2D eigenvalue weighted by Crippen LogP contribution is -2.53. The van der Waals surface area contributed by atoms with Gasteiger partial charge in [0.1, 0.15) is 24.2 Å².